The first-order valence-corrected chi connectivity index (χ1v) is 14.6. The van der Waals surface area contributed by atoms with E-state index in [-0.39, 0.29) is 24.2 Å². The molecule has 2 aromatic carbocycles. The summed E-state index contributed by atoms with van der Waals surface area (Å²) in [6.45, 7) is 2.07. The monoisotopic (exact) mass is 545 g/mol. The van der Waals surface area contributed by atoms with Gasteiger partial charge in [0, 0.05) is 18.7 Å². The molecule has 0 radical (unpaired) electrons. The van der Waals surface area contributed by atoms with Crippen LogP contribution in [0.2, 0.25) is 0 Å². The van der Waals surface area contributed by atoms with Crippen molar-refractivity contribution < 1.29 is 32.2 Å². The molecule has 0 spiro atoms. The lowest BCUT2D eigenvalue weighted by molar-refractivity contribution is -0.139. The summed E-state index contributed by atoms with van der Waals surface area (Å²) in [6.07, 6.45) is 4.99. The van der Waals surface area contributed by atoms with Gasteiger partial charge in [0.2, 0.25) is 21.8 Å². The minimum atomic E-state index is -3.85. The number of sulfonamides is 1. The number of ether oxygens (including phenoxy) is 3. The molecule has 0 unspecified atom stereocenters. The van der Waals surface area contributed by atoms with Crippen molar-refractivity contribution in [3.63, 3.8) is 0 Å². The zero-order valence-electron chi connectivity index (χ0n) is 22.0. The Bertz CT molecular complexity index is 1240. The molecule has 4 rings (SSSR count). The number of hydrogen-bond donors (Lipinski definition) is 1. The second-order valence-electron chi connectivity index (χ2n) is 9.63. The van der Waals surface area contributed by atoms with Crippen LogP contribution in [0.5, 0.6) is 17.2 Å². The number of nitrogens with zero attached hydrogens (tertiary/aromatic N) is 2. The van der Waals surface area contributed by atoms with E-state index in [0.29, 0.717) is 30.5 Å². The summed E-state index contributed by atoms with van der Waals surface area (Å²) in [5, 5.41) is 3.05. The first-order valence-electron chi connectivity index (χ1n) is 12.8. The Hall–Kier alpha value is -3.47. The van der Waals surface area contributed by atoms with Gasteiger partial charge in [0.25, 0.3) is 0 Å². The Morgan fingerprint density at radius 1 is 1.05 bits per heavy atom. The summed E-state index contributed by atoms with van der Waals surface area (Å²) in [4.78, 5) is 28.3. The number of nitrogens with one attached hydrogen (secondary N) is 1. The van der Waals surface area contributed by atoms with Crippen LogP contribution in [0.4, 0.5) is 5.69 Å². The molecule has 1 aliphatic heterocycles. The number of carbonyl (C=O) groups is 2. The van der Waals surface area contributed by atoms with Crippen LogP contribution in [0.25, 0.3) is 0 Å². The molecule has 1 N–H and O–H groups in total. The molecule has 1 fully saturated rings. The zero-order chi connectivity index (χ0) is 27.3. The molecule has 1 heterocycles. The van der Waals surface area contributed by atoms with Gasteiger partial charge < -0.3 is 24.4 Å². The molecule has 2 aromatic rings. The van der Waals surface area contributed by atoms with E-state index >= 15 is 0 Å². The van der Waals surface area contributed by atoms with E-state index < -0.39 is 28.5 Å². The second kappa shape index (κ2) is 11.9. The van der Waals surface area contributed by atoms with Gasteiger partial charge in [-0.05, 0) is 49.6 Å². The third-order valence-electron chi connectivity index (χ3n) is 6.87. The van der Waals surface area contributed by atoms with Gasteiger partial charge in [0.15, 0.2) is 11.5 Å². The number of carbonyl (C=O) groups excluding carboxylic acids is 2. The molecule has 11 heteroatoms. The summed E-state index contributed by atoms with van der Waals surface area (Å²) in [6, 6.07) is 11.2. The Morgan fingerprint density at radius 2 is 1.71 bits per heavy atom. The van der Waals surface area contributed by atoms with Gasteiger partial charge in [-0.2, -0.15) is 0 Å². The lowest BCUT2D eigenvalue weighted by atomic mass is 10.1. The molecule has 10 nitrogen and oxygen atoms in total. The molecule has 0 aromatic heterocycles. The zero-order valence-corrected chi connectivity index (χ0v) is 22.8. The molecule has 0 bridgehead atoms. The third kappa shape index (κ3) is 6.69. The average molecular weight is 546 g/mol. The fraction of sp³-hybridized carbons (Fsp3) is 0.481. The Morgan fingerprint density at radius 3 is 2.34 bits per heavy atom. The minimum Gasteiger partial charge on any atom is -0.497 e. The van der Waals surface area contributed by atoms with Gasteiger partial charge in [-0.1, -0.05) is 25.0 Å². The van der Waals surface area contributed by atoms with Gasteiger partial charge in [0.05, 0.1) is 19.1 Å². The molecule has 2 amide bonds. The highest BCUT2D eigenvalue weighted by Gasteiger charge is 2.32. The molecular weight excluding hydrogens is 510 g/mol. The Kier molecular flexibility index (Phi) is 8.65. The summed E-state index contributed by atoms with van der Waals surface area (Å²) in [5.74, 6) is 0.826. The predicted octanol–water partition coefficient (Wildman–Crippen LogP) is 2.71. The highest BCUT2D eigenvalue weighted by molar-refractivity contribution is 7.92. The minimum absolute atomic E-state index is 0.0909. The molecule has 1 aliphatic carbocycles. The molecular formula is C27H35N3O7S. The van der Waals surface area contributed by atoms with Gasteiger partial charge in [0.1, 0.15) is 31.5 Å². The average Bonchev–Trinajstić information content (AvgIpc) is 3.42. The van der Waals surface area contributed by atoms with Crippen LogP contribution >= 0.6 is 0 Å². The highest BCUT2D eigenvalue weighted by atomic mass is 32.2. The lowest BCUT2D eigenvalue weighted by Crippen LogP contribution is -2.52. The SMILES string of the molecule is COc1ccc(CN(C(=O)CN(c2ccc3c(c2)OCCO3)S(C)(=O)=O)[C@H](C)C(=O)NC2CCCC2)cc1. The number of anilines is 1. The lowest BCUT2D eigenvalue weighted by Gasteiger charge is -2.32. The maximum absolute atomic E-state index is 13.7. The maximum Gasteiger partial charge on any atom is 0.244 e. The first-order chi connectivity index (χ1) is 18.2. The van der Waals surface area contributed by atoms with Crippen molar-refractivity contribution in [2.75, 3.05) is 37.4 Å². The van der Waals surface area contributed by atoms with Crippen molar-refractivity contribution >= 4 is 27.5 Å². The van der Waals surface area contributed by atoms with Crippen LogP contribution in [0.3, 0.4) is 0 Å². The molecule has 1 saturated carbocycles. The molecule has 0 saturated heterocycles. The van der Waals surface area contributed by atoms with E-state index in [2.05, 4.69) is 5.32 Å². The summed E-state index contributed by atoms with van der Waals surface area (Å²) >= 11 is 0. The number of rotatable bonds is 10. The van der Waals surface area contributed by atoms with E-state index in [1.54, 1.807) is 44.4 Å². The maximum atomic E-state index is 13.7. The summed E-state index contributed by atoms with van der Waals surface area (Å²) in [7, 11) is -2.28. The summed E-state index contributed by atoms with van der Waals surface area (Å²) < 4.78 is 43.0. The van der Waals surface area contributed by atoms with Crippen molar-refractivity contribution in [3.8, 4) is 17.2 Å². The van der Waals surface area contributed by atoms with Crippen molar-refractivity contribution in [3.05, 3.63) is 48.0 Å². The van der Waals surface area contributed by atoms with Gasteiger partial charge in [-0.3, -0.25) is 13.9 Å². The molecule has 206 valence electrons. The van der Waals surface area contributed by atoms with Crippen molar-refractivity contribution in [2.45, 2.75) is 51.2 Å². The van der Waals surface area contributed by atoms with Crippen LogP contribution < -0.4 is 23.8 Å². The molecule has 1 atom stereocenters. The number of benzene rings is 2. The van der Waals surface area contributed by atoms with E-state index in [9.17, 15) is 18.0 Å². The standard InChI is InChI=1S/C27H35N3O7S/c1-19(27(32)28-21-6-4-5-7-21)29(17-20-8-11-23(35-2)12-9-20)26(31)18-30(38(3,33)34)22-10-13-24-25(16-22)37-15-14-36-24/h8-13,16,19,21H,4-7,14-15,17-18H2,1-3H3,(H,28,32)/t19-/m1/s1. The third-order valence-corrected chi connectivity index (χ3v) is 8.01. The van der Waals surface area contributed by atoms with Crippen LogP contribution in [0.1, 0.15) is 38.2 Å². The quantitative estimate of drug-likeness (QED) is 0.488. The number of methoxy groups -OCH3 is 1. The number of amides is 2. The van der Waals surface area contributed by atoms with Gasteiger partial charge in [-0.15, -0.1) is 0 Å². The molecule has 2 aliphatic rings. The van der Waals surface area contributed by atoms with Crippen molar-refractivity contribution in [1.82, 2.24) is 10.2 Å². The van der Waals surface area contributed by atoms with Crippen LogP contribution in [0, 0.1) is 0 Å². The second-order valence-corrected chi connectivity index (χ2v) is 11.5. The van der Waals surface area contributed by atoms with Crippen LogP contribution in [-0.4, -0.2) is 70.3 Å². The van der Waals surface area contributed by atoms with Crippen molar-refractivity contribution in [1.29, 1.82) is 0 Å². The molecule has 38 heavy (non-hydrogen) atoms. The number of fused-ring (bicyclic) bond motifs is 1. The fourth-order valence-electron chi connectivity index (χ4n) is 4.70. The van der Waals surface area contributed by atoms with E-state index in [1.807, 2.05) is 12.1 Å². The first kappa shape index (κ1) is 27.6. The normalized spacial score (nSPS) is 16.0. The van der Waals surface area contributed by atoms with Crippen LogP contribution in [0.15, 0.2) is 42.5 Å². The van der Waals surface area contributed by atoms with E-state index in [1.165, 1.54) is 4.90 Å². The fourth-order valence-corrected chi connectivity index (χ4v) is 5.54. The van der Waals surface area contributed by atoms with E-state index in [4.69, 9.17) is 14.2 Å². The predicted molar refractivity (Wildman–Crippen MR) is 143 cm³/mol. The van der Waals surface area contributed by atoms with Gasteiger partial charge >= 0.3 is 0 Å². The Labute approximate surface area is 223 Å². The van der Waals surface area contributed by atoms with Crippen molar-refractivity contribution in [2.24, 2.45) is 0 Å². The van der Waals surface area contributed by atoms with Gasteiger partial charge in [-0.25, -0.2) is 8.42 Å². The highest BCUT2D eigenvalue weighted by Crippen LogP contribution is 2.34. The van der Waals surface area contributed by atoms with Crippen LogP contribution in [-0.2, 0) is 26.2 Å². The topological polar surface area (TPSA) is 114 Å². The van der Waals surface area contributed by atoms with E-state index in [0.717, 1.165) is 41.8 Å². The number of hydrogen-bond acceptors (Lipinski definition) is 7. The smallest absolute Gasteiger partial charge is 0.244 e. The Balaban J connectivity index is 1.59. The summed E-state index contributed by atoms with van der Waals surface area (Å²) in [5.41, 5.74) is 1.06. The largest absolute Gasteiger partial charge is 0.497 e.